The van der Waals surface area contributed by atoms with Crippen molar-refractivity contribution in [3.05, 3.63) is 78.0 Å². The topological polar surface area (TPSA) is 107 Å². The SMILES string of the molecule is COc1cc(-c2cccc(F)c2)c(Cl)cc1-c1ncnc2cc(S(=O)(=O)Nc3cnsn3)ccc12. The van der Waals surface area contributed by atoms with Crippen LogP contribution in [-0.2, 0) is 10.0 Å². The fraction of sp³-hybridized carbons (Fsp3) is 0.0435. The first kappa shape index (κ1) is 23.1. The van der Waals surface area contributed by atoms with Gasteiger partial charge < -0.3 is 4.74 Å². The van der Waals surface area contributed by atoms with E-state index in [2.05, 4.69) is 23.4 Å². The van der Waals surface area contributed by atoms with Crippen LogP contribution < -0.4 is 9.46 Å². The highest BCUT2D eigenvalue weighted by atomic mass is 35.5. The quantitative estimate of drug-likeness (QED) is 0.314. The van der Waals surface area contributed by atoms with E-state index >= 15 is 0 Å². The maximum Gasteiger partial charge on any atom is 0.263 e. The average molecular weight is 528 g/mol. The van der Waals surface area contributed by atoms with E-state index in [1.54, 1.807) is 30.3 Å². The molecule has 0 bridgehead atoms. The lowest BCUT2D eigenvalue weighted by atomic mass is 9.99. The number of halogens is 2. The summed E-state index contributed by atoms with van der Waals surface area (Å²) >= 11 is 7.47. The van der Waals surface area contributed by atoms with Gasteiger partial charge in [0.05, 0.1) is 41.1 Å². The van der Waals surface area contributed by atoms with Gasteiger partial charge in [-0.2, -0.15) is 8.75 Å². The average Bonchev–Trinajstić information content (AvgIpc) is 3.35. The minimum absolute atomic E-state index is 0.00843. The monoisotopic (exact) mass is 527 g/mol. The number of hydrogen-bond acceptors (Lipinski definition) is 8. The first-order valence-electron chi connectivity index (χ1n) is 10.0. The number of nitrogens with one attached hydrogen (secondary N) is 1. The highest BCUT2D eigenvalue weighted by Gasteiger charge is 2.20. The van der Waals surface area contributed by atoms with Crippen molar-refractivity contribution in [2.24, 2.45) is 0 Å². The molecule has 0 amide bonds. The Morgan fingerprint density at radius 2 is 1.91 bits per heavy atom. The highest BCUT2D eigenvalue weighted by molar-refractivity contribution is 7.92. The molecule has 0 radical (unpaired) electrons. The lowest BCUT2D eigenvalue weighted by molar-refractivity contribution is 0.416. The number of sulfonamides is 1. The maximum absolute atomic E-state index is 13.8. The van der Waals surface area contributed by atoms with E-state index in [0.29, 0.717) is 44.1 Å². The molecule has 5 aromatic rings. The Bertz CT molecular complexity index is 1660. The summed E-state index contributed by atoms with van der Waals surface area (Å²) in [6.07, 6.45) is 2.66. The Morgan fingerprint density at radius 3 is 2.66 bits per heavy atom. The number of anilines is 1. The van der Waals surface area contributed by atoms with Crippen molar-refractivity contribution >= 4 is 50.1 Å². The summed E-state index contributed by atoms with van der Waals surface area (Å²) in [5.41, 5.74) is 2.68. The van der Waals surface area contributed by atoms with Gasteiger partial charge in [-0.15, -0.1) is 0 Å². The largest absolute Gasteiger partial charge is 0.496 e. The number of benzene rings is 3. The van der Waals surface area contributed by atoms with Gasteiger partial charge in [0.25, 0.3) is 10.0 Å². The van der Waals surface area contributed by atoms with Crippen molar-refractivity contribution in [2.75, 3.05) is 11.8 Å². The third kappa shape index (κ3) is 4.53. The van der Waals surface area contributed by atoms with Crippen LogP contribution in [0.3, 0.4) is 0 Å². The van der Waals surface area contributed by atoms with Crippen molar-refractivity contribution in [2.45, 2.75) is 4.90 Å². The molecule has 1 N–H and O–H groups in total. The highest BCUT2D eigenvalue weighted by Crippen LogP contribution is 2.40. The van der Waals surface area contributed by atoms with Gasteiger partial charge >= 0.3 is 0 Å². The Kier molecular flexibility index (Phi) is 6.05. The molecule has 0 fully saturated rings. The van der Waals surface area contributed by atoms with Gasteiger partial charge in [-0.3, -0.25) is 4.72 Å². The number of aromatic nitrogens is 4. The van der Waals surface area contributed by atoms with Crippen molar-refractivity contribution in [3.63, 3.8) is 0 Å². The molecule has 5 rings (SSSR count). The number of fused-ring (bicyclic) bond motifs is 1. The maximum atomic E-state index is 13.8. The van der Waals surface area contributed by atoms with Crippen LogP contribution in [0.4, 0.5) is 10.2 Å². The Balaban J connectivity index is 1.60. The molecule has 3 aromatic carbocycles. The summed E-state index contributed by atoms with van der Waals surface area (Å²) in [6, 6.07) is 14.0. The van der Waals surface area contributed by atoms with Crippen LogP contribution in [0, 0.1) is 5.82 Å². The normalized spacial score (nSPS) is 11.5. The van der Waals surface area contributed by atoms with Crippen LogP contribution in [0.15, 0.2) is 72.0 Å². The summed E-state index contributed by atoms with van der Waals surface area (Å²) in [7, 11) is -2.39. The van der Waals surface area contributed by atoms with Crippen molar-refractivity contribution < 1.29 is 17.5 Å². The molecule has 0 aliphatic rings. The zero-order chi connectivity index (χ0) is 24.6. The van der Waals surface area contributed by atoms with Gasteiger partial charge in [0.1, 0.15) is 17.9 Å². The molecule has 0 saturated carbocycles. The van der Waals surface area contributed by atoms with Gasteiger partial charge in [-0.1, -0.05) is 23.7 Å². The molecule has 176 valence electrons. The van der Waals surface area contributed by atoms with Gasteiger partial charge in [0.2, 0.25) is 0 Å². The van der Waals surface area contributed by atoms with Crippen LogP contribution in [0.5, 0.6) is 5.75 Å². The summed E-state index contributed by atoms with van der Waals surface area (Å²) in [5, 5.41) is 0.966. The molecule has 2 aromatic heterocycles. The van der Waals surface area contributed by atoms with E-state index in [4.69, 9.17) is 16.3 Å². The zero-order valence-corrected chi connectivity index (χ0v) is 20.3. The fourth-order valence-electron chi connectivity index (χ4n) is 3.61. The molecule has 0 saturated heterocycles. The second kappa shape index (κ2) is 9.17. The molecule has 2 heterocycles. The van der Waals surface area contributed by atoms with Crippen LogP contribution >= 0.6 is 23.3 Å². The second-order valence-corrected chi connectivity index (χ2v) is 9.99. The molecule has 0 atom stereocenters. The van der Waals surface area contributed by atoms with Gasteiger partial charge in [-0.25, -0.2) is 22.8 Å². The predicted molar refractivity (Wildman–Crippen MR) is 133 cm³/mol. The summed E-state index contributed by atoms with van der Waals surface area (Å²) in [4.78, 5) is 8.66. The van der Waals surface area contributed by atoms with Gasteiger partial charge in [0, 0.05) is 21.5 Å². The molecular weight excluding hydrogens is 513 g/mol. The van der Waals surface area contributed by atoms with Crippen molar-refractivity contribution in [1.82, 2.24) is 18.7 Å². The molecular formula is C23H15ClFN5O3S2. The number of rotatable bonds is 6. The fourth-order valence-corrected chi connectivity index (χ4v) is 5.32. The van der Waals surface area contributed by atoms with Crippen LogP contribution in [0.1, 0.15) is 0 Å². The Morgan fingerprint density at radius 1 is 1.06 bits per heavy atom. The third-order valence-electron chi connectivity index (χ3n) is 5.20. The lowest BCUT2D eigenvalue weighted by Gasteiger charge is -2.14. The van der Waals surface area contributed by atoms with Crippen molar-refractivity contribution in [1.29, 1.82) is 0 Å². The minimum Gasteiger partial charge on any atom is -0.496 e. The summed E-state index contributed by atoms with van der Waals surface area (Å²) in [5.74, 6) is 0.217. The molecule has 35 heavy (non-hydrogen) atoms. The zero-order valence-electron chi connectivity index (χ0n) is 17.9. The number of methoxy groups -OCH3 is 1. The van der Waals surface area contributed by atoms with E-state index in [0.717, 1.165) is 11.7 Å². The van der Waals surface area contributed by atoms with E-state index in [-0.39, 0.29) is 16.5 Å². The molecule has 0 unspecified atom stereocenters. The second-order valence-electron chi connectivity index (χ2n) is 7.34. The lowest BCUT2D eigenvalue weighted by Crippen LogP contribution is -2.13. The van der Waals surface area contributed by atoms with Crippen LogP contribution in [0.2, 0.25) is 5.02 Å². The van der Waals surface area contributed by atoms with Crippen molar-refractivity contribution in [3.8, 4) is 28.1 Å². The van der Waals surface area contributed by atoms with E-state index in [1.165, 1.54) is 43.9 Å². The summed E-state index contributed by atoms with van der Waals surface area (Å²) < 4.78 is 54.9. The first-order chi connectivity index (χ1) is 16.9. The molecule has 0 aliphatic heterocycles. The van der Waals surface area contributed by atoms with Gasteiger partial charge in [0.15, 0.2) is 5.82 Å². The van der Waals surface area contributed by atoms with Crippen LogP contribution in [-0.4, -0.2) is 34.2 Å². The Labute approximate surface area is 208 Å². The van der Waals surface area contributed by atoms with E-state index in [1.807, 2.05) is 0 Å². The number of ether oxygens (including phenoxy) is 1. The standard InChI is InChI=1S/C23H15ClFN5O3S2/c1-33-21-10-17(13-3-2-4-14(25)7-13)19(24)9-18(21)23-16-6-5-15(8-20(16)26-12-27-23)35(31,32)30-22-11-28-34-29-22/h2-12H,1H3,(H,29,30). The number of nitrogens with zero attached hydrogens (tertiary/aromatic N) is 4. The van der Waals surface area contributed by atoms with E-state index < -0.39 is 10.0 Å². The molecule has 12 heteroatoms. The smallest absolute Gasteiger partial charge is 0.263 e. The number of hydrogen-bond donors (Lipinski definition) is 1. The minimum atomic E-state index is -3.89. The third-order valence-corrected chi connectivity index (χ3v) is 7.34. The van der Waals surface area contributed by atoms with Crippen LogP contribution in [0.25, 0.3) is 33.3 Å². The van der Waals surface area contributed by atoms with E-state index in [9.17, 15) is 12.8 Å². The summed E-state index contributed by atoms with van der Waals surface area (Å²) in [6.45, 7) is 0. The molecule has 8 nitrogen and oxygen atoms in total. The van der Waals surface area contributed by atoms with Gasteiger partial charge in [-0.05, 0) is 48.0 Å². The first-order valence-corrected chi connectivity index (χ1v) is 12.6. The molecule has 0 aliphatic carbocycles. The predicted octanol–water partition coefficient (Wildman–Crippen LogP) is 5.42. The molecule has 0 spiro atoms. The Hall–Kier alpha value is -3.67.